The zero-order chi connectivity index (χ0) is 23.0. The van der Waals surface area contributed by atoms with Crippen molar-refractivity contribution >= 4 is 17.2 Å². The normalized spacial score (nSPS) is 10.7. The molecule has 4 rings (SSSR count). The average molecular weight is 461 g/mol. The van der Waals surface area contributed by atoms with Gasteiger partial charge in [-0.15, -0.1) is 0 Å². The number of aromatic nitrogens is 1. The summed E-state index contributed by atoms with van der Waals surface area (Å²) in [6, 6.07) is 25.5. The van der Waals surface area contributed by atoms with Crippen LogP contribution >= 0.6 is 11.3 Å². The fourth-order valence-corrected chi connectivity index (χ4v) is 4.20. The Morgan fingerprint density at radius 3 is 2.45 bits per heavy atom. The number of hydrogen-bond donors (Lipinski definition) is 3. The molecule has 7 heteroatoms. The number of aromatic amines is 1. The topological polar surface area (TPSA) is 91.4 Å². The van der Waals surface area contributed by atoms with E-state index in [-0.39, 0.29) is 23.3 Å². The molecule has 4 aromatic rings. The van der Waals surface area contributed by atoms with Crippen molar-refractivity contribution < 1.29 is 14.6 Å². The van der Waals surface area contributed by atoms with Crippen molar-refractivity contribution in [2.75, 3.05) is 13.2 Å². The van der Waals surface area contributed by atoms with Crippen LogP contribution in [0.3, 0.4) is 0 Å². The molecule has 168 valence electrons. The highest BCUT2D eigenvalue weighted by atomic mass is 32.1. The van der Waals surface area contributed by atoms with Gasteiger partial charge in [-0.05, 0) is 40.8 Å². The van der Waals surface area contributed by atoms with Crippen LogP contribution in [0.1, 0.15) is 16.0 Å². The van der Waals surface area contributed by atoms with Crippen LogP contribution in [0.15, 0.2) is 83.7 Å². The van der Waals surface area contributed by atoms with Gasteiger partial charge in [0.15, 0.2) is 6.61 Å². The molecule has 0 radical (unpaired) electrons. The van der Waals surface area contributed by atoms with Crippen molar-refractivity contribution in [2.24, 2.45) is 0 Å². The van der Waals surface area contributed by atoms with E-state index in [2.05, 4.69) is 22.4 Å². The van der Waals surface area contributed by atoms with E-state index >= 15 is 0 Å². The van der Waals surface area contributed by atoms with E-state index in [1.807, 2.05) is 66.7 Å². The maximum Gasteiger partial charge on any atom is 0.307 e. The molecule has 0 bridgehead atoms. The molecule has 0 fully saturated rings. The maximum absolute atomic E-state index is 12.0. The Labute approximate surface area is 195 Å². The third-order valence-corrected chi connectivity index (χ3v) is 6.00. The molecule has 0 aliphatic rings. The van der Waals surface area contributed by atoms with Crippen molar-refractivity contribution in [1.82, 2.24) is 10.3 Å². The Morgan fingerprint density at radius 2 is 1.73 bits per heavy atom. The lowest BCUT2D eigenvalue weighted by atomic mass is 10.00. The van der Waals surface area contributed by atoms with Crippen LogP contribution in [0.4, 0.5) is 0 Å². The van der Waals surface area contributed by atoms with E-state index < -0.39 is 0 Å². The van der Waals surface area contributed by atoms with E-state index in [1.165, 1.54) is 0 Å². The quantitative estimate of drug-likeness (QED) is 0.350. The number of carbonyl (C=O) groups excluding carboxylic acids is 1. The summed E-state index contributed by atoms with van der Waals surface area (Å²) < 4.78 is 5.46. The van der Waals surface area contributed by atoms with Gasteiger partial charge in [0.25, 0.3) is 5.91 Å². The largest absolute Gasteiger partial charge is 0.494 e. The number of nitrogens with one attached hydrogen (secondary N) is 2. The van der Waals surface area contributed by atoms with E-state index in [9.17, 15) is 14.7 Å². The Balaban J connectivity index is 1.29. The number of ether oxygens (including phenoxy) is 1. The number of para-hydroxylation sites is 1. The molecule has 6 nitrogen and oxygen atoms in total. The molecule has 0 unspecified atom stereocenters. The fourth-order valence-electron chi connectivity index (χ4n) is 3.44. The Kier molecular flexibility index (Phi) is 7.22. The van der Waals surface area contributed by atoms with Gasteiger partial charge >= 0.3 is 4.87 Å². The summed E-state index contributed by atoms with van der Waals surface area (Å²) in [5.41, 5.74) is 4.31. The van der Waals surface area contributed by atoms with Gasteiger partial charge in [0, 0.05) is 13.0 Å². The second-order valence-corrected chi connectivity index (χ2v) is 8.63. The molecule has 1 amide bonds. The molecule has 0 saturated heterocycles. The smallest absolute Gasteiger partial charge is 0.307 e. The first-order valence-corrected chi connectivity index (χ1v) is 11.4. The second kappa shape index (κ2) is 10.7. The summed E-state index contributed by atoms with van der Waals surface area (Å²) in [5.74, 6) is 0.469. The standard InChI is InChI=1S/C26H24N2O4S/c29-24(17-32-22-7-2-1-3-8-22)27-14-13-18-5-4-6-21(15-18)20-11-9-19(10-12-20)16-23-25(30)28-26(31)33-23/h1-12,15,30H,13-14,16-17H2,(H,27,29)(H,28,31). The highest BCUT2D eigenvalue weighted by Crippen LogP contribution is 2.24. The number of aromatic hydroxyl groups is 1. The number of carbonyl (C=O) groups is 1. The van der Waals surface area contributed by atoms with Gasteiger partial charge in [-0.1, -0.05) is 78.1 Å². The molecule has 0 aliphatic heterocycles. The third kappa shape index (κ3) is 6.33. The predicted octanol–water partition coefficient (Wildman–Crippen LogP) is 4.14. The van der Waals surface area contributed by atoms with Crippen molar-refractivity contribution in [3.05, 3.63) is 105 Å². The third-order valence-electron chi connectivity index (χ3n) is 5.13. The van der Waals surface area contributed by atoms with E-state index in [0.29, 0.717) is 30.0 Å². The molecular formula is C26H24N2O4S. The first kappa shape index (κ1) is 22.4. The lowest BCUT2D eigenvalue weighted by Gasteiger charge is -2.09. The molecule has 1 aromatic heterocycles. The first-order valence-electron chi connectivity index (χ1n) is 10.6. The van der Waals surface area contributed by atoms with Crippen LogP contribution in [0.2, 0.25) is 0 Å². The number of rotatable bonds is 9. The van der Waals surface area contributed by atoms with Crippen LogP contribution in [0.25, 0.3) is 11.1 Å². The number of hydrogen-bond acceptors (Lipinski definition) is 5. The van der Waals surface area contributed by atoms with Gasteiger partial charge in [0.05, 0.1) is 4.88 Å². The van der Waals surface area contributed by atoms with Crippen molar-refractivity contribution in [2.45, 2.75) is 12.8 Å². The molecule has 0 aliphatic carbocycles. The van der Waals surface area contributed by atoms with Gasteiger partial charge in [-0.25, -0.2) is 0 Å². The molecule has 3 aromatic carbocycles. The minimum Gasteiger partial charge on any atom is -0.494 e. The second-order valence-electron chi connectivity index (χ2n) is 7.56. The first-order chi connectivity index (χ1) is 16.1. The van der Waals surface area contributed by atoms with Crippen LogP contribution in [0.5, 0.6) is 11.6 Å². The molecule has 0 spiro atoms. The highest BCUT2D eigenvalue weighted by Gasteiger charge is 2.08. The highest BCUT2D eigenvalue weighted by molar-refractivity contribution is 7.09. The zero-order valence-corrected chi connectivity index (χ0v) is 18.7. The Morgan fingerprint density at radius 1 is 0.939 bits per heavy atom. The Bertz CT molecular complexity index is 1260. The number of amides is 1. The van der Waals surface area contributed by atoms with Crippen LogP contribution < -0.4 is 14.9 Å². The molecule has 0 saturated carbocycles. The monoisotopic (exact) mass is 460 g/mol. The van der Waals surface area contributed by atoms with Crippen LogP contribution in [-0.2, 0) is 17.6 Å². The van der Waals surface area contributed by atoms with Gasteiger partial charge in [0.1, 0.15) is 5.75 Å². The Hall–Kier alpha value is -3.84. The van der Waals surface area contributed by atoms with E-state index in [4.69, 9.17) is 4.74 Å². The van der Waals surface area contributed by atoms with E-state index in [0.717, 1.165) is 33.6 Å². The van der Waals surface area contributed by atoms with Gasteiger partial charge in [0.2, 0.25) is 5.88 Å². The van der Waals surface area contributed by atoms with Crippen LogP contribution in [-0.4, -0.2) is 29.1 Å². The molecule has 0 atom stereocenters. The SMILES string of the molecule is O=C(COc1ccccc1)NCCc1cccc(-c2ccc(Cc3sc(=O)[nH]c3O)cc2)c1. The number of thiazole rings is 1. The van der Waals surface area contributed by atoms with Crippen LogP contribution in [0, 0.1) is 0 Å². The number of benzene rings is 3. The summed E-state index contributed by atoms with van der Waals surface area (Å²) in [5, 5.41) is 12.7. The van der Waals surface area contributed by atoms with Crippen molar-refractivity contribution in [3.63, 3.8) is 0 Å². The molecule has 3 N–H and O–H groups in total. The minimum absolute atomic E-state index is 0.00614. The predicted molar refractivity (Wildman–Crippen MR) is 130 cm³/mol. The molecule has 33 heavy (non-hydrogen) atoms. The summed E-state index contributed by atoms with van der Waals surface area (Å²) in [7, 11) is 0. The lowest BCUT2D eigenvalue weighted by molar-refractivity contribution is -0.123. The molecular weight excluding hydrogens is 436 g/mol. The summed E-state index contributed by atoms with van der Waals surface area (Å²) in [4.78, 5) is 26.1. The van der Waals surface area contributed by atoms with Crippen molar-refractivity contribution in [1.29, 1.82) is 0 Å². The summed E-state index contributed by atoms with van der Waals surface area (Å²) in [6.45, 7) is 0.524. The van der Waals surface area contributed by atoms with Gasteiger partial charge < -0.3 is 15.2 Å². The van der Waals surface area contributed by atoms with E-state index in [1.54, 1.807) is 0 Å². The summed E-state index contributed by atoms with van der Waals surface area (Å²) in [6.07, 6.45) is 1.22. The molecule has 1 heterocycles. The number of H-pyrrole nitrogens is 1. The summed E-state index contributed by atoms with van der Waals surface area (Å²) >= 11 is 1.02. The minimum atomic E-state index is -0.254. The lowest BCUT2D eigenvalue weighted by Crippen LogP contribution is -2.30. The van der Waals surface area contributed by atoms with Gasteiger partial charge in [-0.3, -0.25) is 14.6 Å². The van der Waals surface area contributed by atoms with Crippen molar-refractivity contribution in [3.8, 4) is 22.8 Å². The van der Waals surface area contributed by atoms with Gasteiger partial charge in [-0.2, -0.15) is 0 Å². The average Bonchev–Trinajstić information content (AvgIpc) is 3.15. The fraction of sp³-hybridized carbons (Fsp3) is 0.154. The maximum atomic E-state index is 12.0. The zero-order valence-electron chi connectivity index (χ0n) is 17.9.